The number of esters is 1. The fourth-order valence-corrected chi connectivity index (χ4v) is 2.46. The highest BCUT2D eigenvalue weighted by Crippen LogP contribution is 2.16. The quantitative estimate of drug-likeness (QED) is 0.299. The highest BCUT2D eigenvalue weighted by molar-refractivity contribution is 6.09. The molecular formula is C22H26O6. The van der Waals surface area contributed by atoms with Gasteiger partial charge in [-0.1, -0.05) is 42.5 Å². The Morgan fingerprint density at radius 1 is 0.821 bits per heavy atom. The first kappa shape index (κ1) is 21.6. The van der Waals surface area contributed by atoms with E-state index in [-0.39, 0.29) is 18.4 Å². The summed E-state index contributed by atoms with van der Waals surface area (Å²) in [4.78, 5) is 23.5. The summed E-state index contributed by atoms with van der Waals surface area (Å²) in [5.74, 6) is 0.244. The monoisotopic (exact) mass is 386 g/mol. The van der Waals surface area contributed by atoms with Crippen molar-refractivity contribution in [1.29, 1.82) is 0 Å². The van der Waals surface area contributed by atoms with E-state index in [1.54, 1.807) is 30.3 Å². The first-order valence-electron chi connectivity index (χ1n) is 9.25. The molecule has 0 saturated heterocycles. The van der Waals surface area contributed by atoms with Crippen LogP contribution in [0.3, 0.4) is 0 Å². The first-order chi connectivity index (χ1) is 13.7. The molecule has 0 N–H and O–H groups in total. The zero-order valence-electron chi connectivity index (χ0n) is 16.1. The maximum atomic E-state index is 12.5. The highest BCUT2D eigenvalue weighted by atomic mass is 16.6. The number of carbonyl (C=O) groups is 2. The lowest BCUT2D eigenvalue weighted by atomic mass is 10.0. The molecule has 2 aromatic carbocycles. The van der Waals surface area contributed by atoms with Gasteiger partial charge < -0.3 is 18.9 Å². The van der Waals surface area contributed by atoms with Gasteiger partial charge in [0.2, 0.25) is 0 Å². The molecule has 0 atom stereocenters. The molecule has 0 spiro atoms. The van der Waals surface area contributed by atoms with Crippen molar-refractivity contribution in [1.82, 2.24) is 0 Å². The Balaban J connectivity index is 1.61. The fraction of sp³-hybridized carbons (Fsp3) is 0.364. The Bertz CT molecular complexity index is 729. The second-order valence-electron chi connectivity index (χ2n) is 6.04. The van der Waals surface area contributed by atoms with Gasteiger partial charge in [0.15, 0.2) is 5.78 Å². The van der Waals surface area contributed by atoms with Crippen molar-refractivity contribution >= 4 is 11.8 Å². The molecule has 150 valence electrons. The van der Waals surface area contributed by atoms with Crippen LogP contribution in [0.1, 0.15) is 28.8 Å². The SMILES string of the molecule is COCC(=O)OCCCCOCCOc1cccc(C(=O)c2ccccc2)c1. The van der Waals surface area contributed by atoms with Crippen LogP contribution in [0, 0.1) is 0 Å². The minimum absolute atomic E-state index is 0.0218. The van der Waals surface area contributed by atoms with Crippen molar-refractivity contribution in [2.75, 3.05) is 40.1 Å². The van der Waals surface area contributed by atoms with Crippen LogP contribution in [-0.2, 0) is 19.0 Å². The van der Waals surface area contributed by atoms with E-state index in [1.807, 2.05) is 24.3 Å². The maximum absolute atomic E-state index is 12.5. The molecule has 0 aliphatic carbocycles. The molecule has 0 heterocycles. The number of methoxy groups -OCH3 is 1. The van der Waals surface area contributed by atoms with Crippen LogP contribution in [-0.4, -0.2) is 51.9 Å². The number of ether oxygens (including phenoxy) is 4. The Hall–Kier alpha value is -2.70. The van der Waals surface area contributed by atoms with E-state index < -0.39 is 0 Å². The molecule has 0 unspecified atom stereocenters. The van der Waals surface area contributed by atoms with Crippen molar-refractivity contribution in [3.63, 3.8) is 0 Å². The highest BCUT2D eigenvalue weighted by Gasteiger charge is 2.09. The van der Waals surface area contributed by atoms with E-state index in [0.717, 1.165) is 12.8 Å². The van der Waals surface area contributed by atoms with Gasteiger partial charge in [0.25, 0.3) is 0 Å². The maximum Gasteiger partial charge on any atom is 0.332 e. The van der Waals surface area contributed by atoms with Crippen LogP contribution in [0.15, 0.2) is 54.6 Å². The summed E-state index contributed by atoms with van der Waals surface area (Å²) in [6.45, 7) is 1.75. The van der Waals surface area contributed by atoms with Gasteiger partial charge in [0.05, 0.1) is 13.2 Å². The van der Waals surface area contributed by atoms with Crippen LogP contribution in [0.25, 0.3) is 0 Å². The predicted octanol–water partition coefficient (Wildman–Crippen LogP) is 3.28. The van der Waals surface area contributed by atoms with Gasteiger partial charge in [-0.2, -0.15) is 0 Å². The molecule has 2 rings (SSSR count). The van der Waals surface area contributed by atoms with E-state index in [0.29, 0.717) is 43.3 Å². The van der Waals surface area contributed by atoms with Crippen molar-refractivity contribution in [2.24, 2.45) is 0 Å². The lowest BCUT2D eigenvalue weighted by Crippen LogP contribution is -2.12. The van der Waals surface area contributed by atoms with Gasteiger partial charge in [0, 0.05) is 24.8 Å². The molecule has 0 saturated carbocycles. The molecule has 0 bridgehead atoms. The average molecular weight is 386 g/mol. The number of rotatable bonds is 13. The summed E-state index contributed by atoms with van der Waals surface area (Å²) in [7, 11) is 1.45. The lowest BCUT2D eigenvalue weighted by Gasteiger charge is -2.09. The first-order valence-corrected chi connectivity index (χ1v) is 9.25. The molecule has 28 heavy (non-hydrogen) atoms. The lowest BCUT2D eigenvalue weighted by molar-refractivity contribution is -0.148. The van der Waals surface area contributed by atoms with Crippen LogP contribution in [0.4, 0.5) is 0 Å². The average Bonchev–Trinajstić information content (AvgIpc) is 2.73. The number of ketones is 1. The summed E-state index contributed by atoms with van der Waals surface area (Å²) < 4.78 is 20.8. The van der Waals surface area contributed by atoms with Crippen LogP contribution in [0.5, 0.6) is 5.75 Å². The Labute approximate surface area is 165 Å². The standard InChI is InChI=1S/C22H26O6/c1-25-17-21(23)28-13-6-5-12-26-14-15-27-20-11-7-10-19(16-20)22(24)18-8-3-2-4-9-18/h2-4,7-11,16H,5-6,12-15,17H2,1H3. The van der Waals surface area contributed by atoms with E-state index in [2.05, 4.69) is 4.74 Å². The van der Waals surface area contributed by atoms with Crippen molar-refractivity contribution < 1.29 is 28.5 Å². The fourth-order valence-electron chi connectivity index (χ4n) is 2.46. The minimum atomic E-state index is -0.357. The molecule has 6 nitrogen and oxygen atoms in total. The third kappa shape index (κ3) is 7.90. The van der Waals surface area contributed by atoms with E-state index >= 15 is 0 Å². The largest absolute Gasteiger partial charge is 0.491 e. The van der Waals surface area contributed by atoms with Crippen molar-refractivity contribution in [2.45, 2.75) is 12.8 Å². The van der Waals surface area contributed by atoms with E-state index in [9.17, 15) is 9.59 Å². The van der Waals surface area contributed by atoms with Crippen molar-refractivity contribution in [3.05, 3.63) is 65.7 Å². The number of hydrogen-bond donors (Lipinski definition) is 0. The summed E-state index contributed by atoms with van der Waals surface area (Å²) in [5, 5.41) is 0. The third-order valence-corrected chi connectivity index (χ3v) is 3.84. The second kappa shape index (κ2) is 12.6. The van der Waals surface area contributed by atoms with E-state index in [4.69, 9.17) is 14.2 Å². The summed E-state index contributed by atoms with van der Waals surface area (Å²) in [5.41, 5.74) is 1.24. The number of unbranched alkanes of at least 4 members (excludes halogenated alkanes) is 1. The second-order valence-corrected chi connectivity index (χ2v) is 6.04. The summed E-state index contributed by atoms with van der Waals surface area (Å²) in [6.07, 6.45) is 1.53. The third-order valence-electron chi connectivity index (χ3n) is 3.84. The van der Waals surface area contributed by atoms with Crippen LogP contribution in [0.2, 0.25) is 0 Å². The Morgan fingerprint density at radius 2 is 1.57 bits per heavy atom. The molecule has 2 aromatic rings. The molecule has 0 radical (unpaired) electrons. The van der Waals surface area contributed by atoms with Crippen LogP contribution < -0.4 is 4.74 Å². The number of hydrogen-bond acceptors (Lipinski definition) is 6. The van der Waals surface area contributed by atoms with Crippen LogP contribution >= 0.6 is 0 Å². The van der Waals surface area contributed by atoms with Gasteiger partial charge in [-0.05, 0) is 25.0 Å². The Morgan fingerprint density at radius 3 is 2.36 bits per heavy atom. The molecule has 0 aliphatic rings. The molecule has 0 aliphatic heterocycles. The molecule has 0 amide bonds. The number of benzene rings is 2. The van der Waals surface area contributed by atoms with Gasteiger partial charge in [-0.25, -0.2) is 4.79 Å². The zero-order chi connectivity index (χ0) is 20.0. The summed E-state index contributed by atoms with van der Waals surface area (Å²) >= 11 is 0. The smallest absolute Gasteiger partial charge is 0.332 e. The molecule has 6 heteroatoms. The topological polar surface area (TPSA) is 71.1 Å². The van der Waals surface area contributed by atoms with Gasteiger partial charge in [-0.3, -0.25) is 4.79 Å². The molecule has 0 aromatic heterocycles. The van der Waals surface area contributed by atoms with Gasteiger partial charge in [-0.15, -0.1) is 0 Å². The molecular weight excluding hydrogens is 360 g/mol. The predicted molar refractivity (Wildman–Crippen MR) is 105 cm³/mol. The summed E-state index contributed by atoms with van der Waals surface area (Å²) in [6, 6.07) is 16.3. The van der Waals surface area contributed by atoms with E-state index in [1.165, 1.54) is 7.11 Å². The zero-order valence-corrected chi connectivity index (χ0v) is 16.1. The van der Waals surface area contributed by atoms with Gasteiger partial charge >= 0.3 is 5.97 Å². The molecule has 0 fully saturated rings. The van der Waals surface area contributed by atoms with Crippen molar-refractivity contribution in [3.8, 4) is 5.75 Å². The Kier molecular flexibility index (Phi) is 9.75. The number of carbonyl (C=O) groups excluding carboxylic acids is 2. The van der Waals surface area contributed by atoms with Gasteiger partial charge in [0.1, 0.15) is 19.0 Å². The minimum Gasteiger partial charge on any atom is -0.491 e. The normalized spacial score (nSPS) is 10.5.